The maximum Gasteiger partial charge on any atom is 0.293 e. The van der Waals surface area contributed by atoms with Gasteiger partial charge in [0.2, 0.25) is 5.78 Å². The van der Waals surface area contributed by atoms with Gasteiger partial charge in [-0.2, -0.15) is 0 Å². The number of aliphatic hydroxyl groups excluding tert-OH is 1. The summed E-state index contributed by atoms with van der Waals surface area (Å²) in [5, 5.41) is 13.5. The molecule has 1 heterocycles. The second-order valence-electron chi connectivity index (χ2n) is 10.0. The third-order valence-corrected chi connectivity index (χ3v) is 6.75. The van der Waals surface area contributed by atoms with Crippen LogP contribution in [0.1, 0.15) is 47.5 Å². The molecule has 0 saturated heterocycles. The lowest BCUT2D eigenvalue weighted by Gasteiger charge is -2.29. The molecule has 10 heteroatoms. The highest BCUT2D eigenvalue weighted by Crippen LogP contribution is 2.26. The van der Waals surface area contributed by atoms with Crippen molar-refractivity contribution in [2.75, 3.05) is 21.3 Å². The van der Waals surface area contributed by atoms with Crippen LogP contribution in [0.15, 0.2) is 58.6 Å². The summed E-state index contributed by atoms with van der Waals surface area (Å²) in [5.41, 5.74) is 1.32. The van der Waals surface area contributed by atoms with E-state index in [1.807, 2.05) is 19.9 Å². The predicted molar refractivity (Wildman–Crippen MR) is 150 cm³/mol. The number of hydrogen-bond donors (Lipinski definition) is 2. The largest absolute Gasteiger partial charge is 0.493 e. The van der Waals surface area contributed by atoms with Gasteiger partial charge in [-0.05, 0) is 50.7 Å². The average Bonchev–Trinajstić information content (AvgIpc) is 2.91. The number of methoxy groups -OCH3 is 3. The Bertz CT molecular complexity index is 1050. The molecule has 0 aromatic carbocycles. The van der Waals surface area contributed by atoms with E-state index in [0.29, 0.717) is 36.7 Å². The molecule has 0 radical (unpaired) electrons. The molecule has 0 fully saturated rings. The summed E-state index contributed by atoms with van der Waals surface area (Å²) in [7, 11) is 4.34. The van der Waals surface area contributed by atoms with Gasteiger partial charge in [0.15, 0.2) is 18.1 Å². The van der Waals surface area contributed by atoms with E-state index in [0.717, 1.165) is 6.08 Å². The van der Waals surface area contributed by atoms with Gasteiger partial charge < -0.3 is 29.4 Å². The van der Waals surface area contributed by atoms with Gasteiger partial charge in [0.05, 0.1) is 25.0 Å². The first-order chi connectivity index (χ1) is 18.9. The molecule has 40 heavy (non-hydrogen) atoms. The quantitative estimate of drug-likeness (QED) is 0.370. The molecule has 2 N–H and O–H groups in total. The van der Waals surface area contributed by atoms with Gasteiger partial charge in [-0.1, -0.05) is 38.2 Å². The van der Waals surface area contributed by atoms with Crippen LogP contribution in [0.2, 0.25) is 0 Å². The van der Waals surface area contributed by atoms with Crippen LogP contribution in [0.5, 0.6) is 0 Å². The predicted octanol–water partition coefficient (Wildman–Crippen LogP) is 3.12. The molecule has 1 aliphatic heterocycles. The second kappa shape index (κ2) is 17.4. The van der Waals surface area contributed by atoms with Crippen molar-refractivity contribution in [2.24, 2.45) is 11.8 Å². The van der Waals surface area contributed by atoms with Crippen LogP contribution in [-0.2, 0) is 38.1 Å². The molecule has 1 aliphatic rings. The first kappa shape index (κ1) is 34.7. The van der Waals surface area contributed by atoms with Crippen LogP contribution < -0.4 is 5.32 Å². The summed E-state index contributed by atoms with van der Waals surface area (Å²) in [6.45, 7) is 9.19. The smallest absolute Gasteiger partial charge is 0.293 e. The Balaban J connectivity index is 3.63. The van der Waals surface area contributed by atoms with Crippen molar-refractivity contribution < 1.29 is 43.2 Å². The van der Waals surface area contributed by atoms with Gasteiger partial charge in [-0.15, -0.1) is 0 Å². The van der Waals surface area contributed by atoms with Gasteiger partial charge in [-0.3, -0.25) is 19.2 Å². The maximum absolute atomic E-state index is 12.9. The molecule has 1 rings (SSSR count). The molecule has 6 atom stereocenters. The van der Waals surface area contributed by atoms with E-state index >= 15 is 0 Å². The van der Waals surface area contributed by atoms with Crippen molar-refractivity contribution in [3.63, 3.8) is 0 Å². The van der Waals surface area contributed by atoms with Crippen molar-refractivity contribution in [3.05, 3.63) is 58.6 Å². The second-order valence-corrected chi connectivity index (χ2v) is 10.0. The van der Waals surface area contributed by atoms with Gasteiger partial charge in [0.25, 0.3) is 12.4 Å². The lowest BCUT2D eigenvalue weighted by Crippen LogP contribution is -2.35. The molecule has 222 valence electrons. The summed E-state index contributed by atoms with van der Waals surface area (Å²) in [5.74, 6) is -1.47. The number of nitrogens with one attached hydrogen (secondary N) is 1. The van der Waals surface area contributed by atoms with Crippen LogP contribution in [0, 0.1) is 11.8 Å². The number of ketones is 1. The number of amides is 1. The Kier molecular flexibility index (Phi) is 15.1. The topological polar surface area (TPSA) is 137 Å². The van der Waals surface area contributed by atoms with Crippen molar-refractivity contribution in [3.8, 4) is 0 Å². The molecule has 0 aromatic heterocycles. The highest BCUT2D eigenvalue weighted by molar-refractivity contribution is 6.07. The number of allylic oxidation sites excluding steroid dienone is 5. The Morgan fingerprint density at radius 3 is 2.27 bits per heavy atom. The molecule has 0 spiro atoms. The molecular weight excluding hydrogens is 518 g/mol. The SMILES string of the molecule is CO/C1=C(/C)C[C@@H](C)C[C@H](OC)[C@H](O)[C@@H](C)/C=C(\C)[C@H](OC=O)[C@@H](OC)/C=C\C=C(/C)C(=O)N/C(C=O)=C/C1=O. The molecular formula is C30H43NO9. The summed E-state index contributed by atoms with van der Waals surface area (Å²) in [4.78, 5) is 48.5. The Morgan fingerprint density at radius 2 is 1.73 bits per heavy atom. The van der Waals surface area contributed by atoms with E-state index in [1.54, 1.807) is 26.0 Å². The van der Waals surface area contributed by atoms with E-state index in [9.17, 15) is 24.3 Å². The normalized spacial score (nSPS) is 34.9. The number of ether oxygens (including phenoxy) is 4. The van der Waals surface area contributed by atoms with Crippen LogP contribution in [0.25, 0.3) is 0 Å². The number of aldehydes is 1. The highest BCUT2D eigenvalue weighted by atomic mass is 16.6. The van der Waals surface area contributed by atoms with Crippen molar-refractivity contribution in [2.45, 2.75) is 71.9 Å². The monoisotopic (exact) mass is 561 g/mol. The van der Waals surface area contributed by atoms with Crippen LogP contribution in [0.3, 0.4) is 0 Å². The van der Waals surface area contributed by atoms with Crippen molar-refractivity contribution in [1.29, 1.82) is 0 Å². The summed E-state index contributed by atoms with van der Waals surface area (Å²) in [6, 6.07) is 0. The fraction of sp³-hybridized carbons (Fsp3) is 0.533. The standard InChI is InChI=1S/C30H43NO9/c1-18-12-21(4)28(39-8)24(34)15-23(16-32)31-30(36)19(2)10-9-11-25(37-6)29(40-17-33)22(5)14-20(3)27(35)26(13-18)38-7/h9-11,14-18,20,25-27,29,35H,12-13H2,1-8H3,(H,31,36)/b11-9-,19-10+,22-14+,23-15+,28-21-/t18-,20+,25+,26+,27-,29+/m1/s1. The molecule has 0 bridgehead atoms. The van der Waals surface area contributed by atoms with Crippen molar-refractivity contribution in [1.82, 2.24) is 5.32 Å². The zero-order chi connectivity index (χ0) is 30.4. The summed E-state index contributed by atoms with van der Waals surface area (Å²) in [6.07, 6.45) is 5.92. The lowest BCUT2D eigenvalue weighted by atomic mass is 9.88. The van der Waals surface area contributed by atoms with Crippen LogP contribution >= 0.6 is 0 Å². The van der Waals surface area contributed by atoms with E-state index in [2.05, 4.69) is 5.32 Å². The van der Waals surface area contributed by atoms with Gasteiger partial charge >= 0.3 is 0 Å². The fourth-order valence-electron chi connectivity index (χ4n) is 4.63. The minimum atomic E-state index is -0.876. The van der Waals surface area contributed by atoms with Gasteiger partial charge in [0.1, 0.15) is 6.10 Å². The summed E-state index contributed by atoms with van der Waals surface area (Å²) < 4.78 is 21.8. The first-order valence-electron chi connectivity index (χ1n) is 13.1. The first-order valence-corrected chi connectivity index (χ1v) is 13.1. The highest BCUT2D eigenvalue weighted by Gasteiger charge is 2.28. The van der Waals surface area contributed by atoms with E-state index < -0.39 is 36.1 Å². The molecule has 0 aliphatic carbocycles. The molecule has 0 saturated carbocycles. The Labute approximate surface area is 236 Å². The lowest BCUT2D eigenvalue weighted by molar-refractivity contribution is -0.136. The minimum absolute atomic E-state index is 0.0138. The number of carbonyl (C=O) groups excluding carboxylic acids is 4. The van der Waals surface area contributed by atoms with Crippen LogP contribution in [0.4, 0.5) is 0 Å². The number of aliphatic hydroxyl groups is 1. The van der Waals surface area contributed by atoms with Gasteiger partial charge in [-0.25, -0.2) is 0 Å². The number of carbonyl (C=O) groups is 4. The number of hydrogen-bond acceptors (Lipinski definition) is 9. The minimum Gasteiger partial charge on any atom is -0.493 e. The molecule has 0 unspecified atom stereocenters. The molecule has 1 amide bonds. The zero-order valence-electron chi connectivity index (χ0n) is 24.6. The molecule has 0 aromatic rings. The third-order valence-electron chi connectivity index (χ3n) is 6.75. The van der Waals surface area contributed by atoms with E-state index in [1.165, 1.54) is 34.3 Å². The number of rotatable bonds is 6. The Hall–Kier alpha value is -3.34. The fourth-order valence-corrected chi connectivity index (χ4v) is 4.63. The maximum atomic E-state index is 12.9. The van der Waals surface area contributed by atoms with Crippen LogP contribution in [-0.4, -0.2) is 75.3 Å². The average molecular weight is 562 g/mol. The summed E-state index contributed by atoms with van der Waals surface area (Å²) >= 11 is 0. The third kappa shape index (κ3) is 10.3. The van der Waals surface area contributed by atoms with Crippen molar-refractivity contribution >= 4 is 24.4 Å². The van der Waals surface area contributed by atoms with E-state index in [-0.39, 0.29) is 28.9 Å². The van der Waals surface area contributed by atoms with Gasteiger partial charge in [0, 0.05) is 31.8 Å². The zero-order valence-corrected chi connectivity index (χ0v) is 24.6. The molecule has 10 nitrogen and oxygen atoms in total. The van der Waals surface area contributed by atoms with E-state index in [4.69, 9.17) is 18.9 Å². The Morgan fingerprint density at radius 1 is 1.05 bits per heavy atom.